The molecule has 244 valence electrons. The number of hydrogen-bond donors (Lipinski definition) is 2. The number of nitrogens with zero attached hydrogens (tertiary/aromatic N) is 1. The molecule has 1 spiro atoms. The minimum Gasteiger partial charge on any atom is -0.490 e. The lowest BCUT2D eigenvalue weighted by Gasteiger charge is -2.49. The summed E-state index contributed by atoms with van der Waals surface area (Å²) in [4.78, 5) is 15.7. The number of aliphatic hydroxyl groups is 1. The molecule has 11 heteroatoms. The van der Waals surface area contributed by atoms with Gasteiger partial charge in [0, 0.05) is 46.1 Å². The number of aryl methyl sites for hydroxylation is 1. The van der Waals surface area contributed by atoms with Crippen LogP contribution < -0.4 is 14.4 Å². The van der Waals surface area contributed by atoms with Crippen molar-refractivity contribution in [3.63, 3.8) is 0 Å². The summed E-state index contributed by atoms with van der Waals surface area (Å²) in [5.41, 5.74) is 1.81. The molecule has 45 heavy (non-hydrogen) atoms. The van der Waals surface area contributed by atoms with Crippen LogP contribution in [0.15, 0.2) is 48.6 Å². The topological polar surface area (TPSA) is 113 Å². The van der Waals surface area contributed by atoms with Crippen molar-refractivity contribution < 1.29 is 27.3 Å². The molecule has 2 bridgehead atoms. The van der Waals surface area contributed by atoms with E-state index >= 15 is 0 Å². The van der Waals surface area contributed by atoms with Crippen LogP contribution in [0.5, 0.6) is 5.75 Å². The number of rotatable bonds is 2. The Kier molecular flexibility index (Phi) is 8.91. The molecule has 2 aromatic rings. The number of carbonyl (C=O) groups is 1. The van der Waals surface area contributed by atoms with Gasteiger partial charge >= 0.3 is 0 Å². The van der Waals surface area contributed by atoms with Gasteiger partial charge in [-0.1, -0.05) is 36.7 Å². The van der Waals surface area contributed by atoms with Crippen molar-refractivity contribution in [1.82, 2.24) is 4.72 Å². The van der Waals surface area contributed by atoms with Crippen molar-refractivity contribution in [2.75, 3.05) is 36.6 Å². The van der Waals surface area contributed by atoms with Gasteiger partial charge in [0.05, 0.1) is 28.9 Å². The molecule has 8 nitrogen and oxygen atoms in total. The highest BCUT2D eigenvalue weighted by molar-refractivity contribution is 7.90. The van der Waals surface area contributed by atoms with E-state index in [9.17, 15) is 22.5 Å². The number of benzene rings is 2. The highest BCUT2D eigenvalue weighted by Crippen LogP contribution is 2.48. The molecule has 6 rings (SSSR count). The largest absolute Gasteiger partial charge is 0.490 e. The third kappa shape index (κ3) is 6.32. The minimum absolute atomic E-state index is 0.113. The van der Waals surface area contributed by atoms with Crippen molar-refractivity contribution in [3.8, 4) is 5.75 Å². The molecule has 1 amide bonds. The number of nitrogens with one attached hydrogen (secondary N) is 1. The first-order valence-electron chi connectivity index (χ1n) is 15.9. The van der Waals surface area contributed by atoms with Crippen molar-refractivity contribution in [3.05, 3.63) is 70.3 Å². The Labute approximate surface area is 274 Å². The van der Waals surface area contributed by atoms with Crippen LogP contribution in [0.4, 0.5) is 5.69 Å². The zero-order valence-corrected chi connectivity index (χ0v) is 28.5. The minimum atomic E-state index is -3.99. The second-order valence-electron chi connectivity index (χ2n) is 13.7. The van der Waals surface area contributed by atoms with Gasteiger partial charge < -0.3 is 14.7 Å². The smallest absolute Gasteiger partial charge is 0.264 e. The van der Waals surface area contributed by atoms with E-state index in [1.54, 1.807) is 37.5 Å². The summed E-state index contributed by atoms with van der Waals surface area (Å²) in [6.45, 7) is 5.10. The summed E-state index contributed by atoms with van der Waals surface area (Å²) in [7, 11) is -5.24. The first kappa shape index (κ1) is 32.5. The maximum absolute atomic E-state index is 13.4. The lowest BCUT2D eigenvalue weighted by molar-refractivity contribution is -0.0283. The molecule has 4 aliphatic rings. The first-order valence-corrected chi connectivity index (χ1v) is 19.5. The maximum atomic E-state index is 13.4. The summed E-state index contributed by atoms with van der Waals surface area (Å²) < 4.78 is 48.0. The fourth-order valence-electron chi connectivity index (χ4n) is 7.85. The van der Waals surface area contributed by atoms with Crippen molar-refractivity contribution in [2.24, 2.45) is 17.8 Å². The molecule has 2 N–H and O–H groups in total. The van der Waals surface area contributed by atoms with Gasteiger partial charge in [-0.2, -0.15) is 0 Å². The number of hydrogen-bond acceptors (Lipinski definition) is 7. The van der Waals surface area contributed by atoms with Gasteiger partial charge in [-0.3, -0.25) is 9.00 Å². The number of halogens is 1. The van der Waals surface area contributed by atoms with Gasteiger partial charge in [-0.05, 0) is 105 Å². The van der Waals surface area contributed by atoms with Crippen LogP contribution in [0.3, 0.4) is 0 Å². The molecule has 2 aromatic carbocycles. The molecule has 0 unspecified atom stereocenters. The average molecular weight is 675 g/mol. The number of allylic oxidation sites excluding steroid dienone is 1. The summed E-state index contributed by atoms with van der Waals surface area (Å²) in [5.74, 6) is -0.247. The Bertz CT molecular complexity index is 1650. The predicted octanol–water partition coefficient (Wildman–Crippen LogP) is 4.99. The Morgan fingerprint density at radius 3 is 2.71 bits per heavy atom. The van der Waals surface area contributed by atoms with E-state index in [1.165, 1.54) is 11.1 Å². The number of fused-ring (bicyclic) bond motifs is 4. The third-order valence-electron chi connectivity index (χ3n) is 10.7. The zero-order chi connectivity index (χ0) is 32.1. The molecular formula is C34H43ClN2O6S2. The van der Waals surface area contributed by atoms with Gasteiger partial charge in [-0.15, -0.1) is 0 Å². The molecule has 0 aromatic heterocycles. The first-order chi connectivity index (χ1) is 21.3. The van der Waals surface area contributed by atoms with E-state index in [1.807, 2.05) is 25.1 Å². The maximum Gasteiger partial charge on any atom is 0.264 e. The zero-order valence-electron chi connectivity index (χ0n) is 26.1. The standard InChI is InChI=1S/C34H43ClN2O6S2/c1-22-6-4-15-34(39,21-44(3)40)29-11-8-26(29)18-37-19-33(14-5-7-24-16-27(35)10-12-28(24)33)20-43-31-13-9-25(17-30(31)37)32(38)36-45(41,42)23(22)2/h4,9-10,12-13,15-17,22-23,26,29,39H,5-8,11,14,18-21H2,1-3H3,(H,36,38)/b15-4+/t22-,23+,26-,29+,33-,34+,44+/m0/s1. The Morgan fingerprint density at radius 1 is 1.18 bits per heavy atom. The van der Waals surface area contributed by atoms with Crippen molar-refractivity contribution >= 4 is 44.0 Å². The number of ether oxygens (including phenoxy) is 1. The molecule has 2 heterocycles. The van der Waals surface area contributed by atoms with E-state index in [-0.39, 0.29) is 34.5 Å². The molecule has 0 saturated heterocycles. The average Bonchev–Trinajstić information content (AvgIpc) is 3.10. The van der Waals surface area contributed by atoms with Crippen molar-refractivity contribution in [1.29, 1.82) is 0 Å². The Hall–Kier alpha value is -2.40. The van der Waals surface area contributed by atoms with Crippen LogP contribution in [-0.4, -0.2) is 66.2 Å². The Balaban J connectivity index is 1.46. The number of sulfonamides is 1. The van der Waals surface area contributed by atoms with Gasteiger partial charge in [0.15, 0.2) is 0 Å². The molecule has 1 saturated carbocycles. The fourth-order valence-corrected chi connectivity index (χ4v) is 10.3. The summed E-state index contributed by atoms with van der Waals surface area (Å²) in [6, 6.07) is 11.2. The van der Waals surface area contributed by atoms with Crippen molar-refractivity contribution in [2.45, 2.75) is 68.6 Å². The lowest BCUT2D eigenvalue weighted by atomic mass is 9.64. The highest BCUT2D eigenvalue weighted by Gasteiger charge is 2.48. The van der Waals surface area contributed by atoms with Crippen LogP contribution in [-0.2, 0) is 32.7 Å². The van der Waals surface area contributed by atoms with Gasteiger partial charge in [0.1, 0.15) is 5.75 Å². The molecule has 2 aliphatic heterocycles. The highest BCUT2D eigenvalue weighted by atomic mass is 35.5. The van der Waals surface area contributed by atoms with Crippen LogP contribution in [0.1, 0.15) is 67.4 Å². The van der Waals surface area contributed by atoms with Gasteiger partial charge in [0.25, 0.3) is 5.91 Å². The molecule has 1 fully saturated rings. The number of carbonyl (C=O) groups excluding carboxylic acids is 1. The third-order valence-corrected chi connectivity index (χ3v) is 13.7. The van der Waals surface area contributed by atoms with Crippen LogP contribution >= 0.6 is 11.6 Å². The lowest BCUT2D eigenvalue weighted by Crippen LogP contribution is -2.54. The normalized spacial score (nSPS) is 34.2. The summed E-state index contributed by atoms with van der Waals surface area (Å²) in [5, 5.41) is 11.9. The quantitative estimate of drug-likeness (QED) is 0.432. The molecule has 2 aliphatic carbocycles. The van der Waals surface area contributed by atoms with E-state index in [2.05, 4.69) is 15.7 Å². The van der Waals surface area contributed by atoms with E-state index < -0.39 is 37.6 Å². The van der Waals surface area contributed by atoms with E-state index in [0.717, 1.165) is 37.8 Å². The van der Waals surface area contributed by atoms with E-state index in [4.69, 9.17) is 16.3 Å². The second-order valence-corrected chi connectivity index (χ2v) is 17.6. The molecular weight excluding hydrogens is 632 g/mol. The number of anilines is 1. The van der Waals surface area contributed by atoms with Crippen LogP contribution in [0.2, 0.25) is 5.02 Å². The van der Waals surface area contributed by atoms with Gasteiger partial charge in [-0.25, -0.2) is 13.1 Å². The SMILES string of the molecule is C[C@@H]1[C@@H](C)C/C=C/[C@@](O)(C[S@@](C)=O)[C@@H]2CC[C@H]2CN2C[C@@]3(CCCc4cc(Cl)ccc43)COc3ccc(cc32)C(=O)NS1(=O)=O. The summed E-state index contributed by atoms with van der Waals surface area (Å²) >= 11 is 6.40. The second kappa shape index (κ2) is 12.3. The molecule has 0 radical (unpaired) electrons. The molecule has 7 atom stereocenters. The fraction of sp³-hybridized carbons (Fsp3) is 0.559. The van der Waals surface area contributed by atoms with Gasteiger partial charge in [0.2, 0.25) is 10.0 Å². The van der Waals surface area contributed by atoms with Crippen LogP contribution in [0.25, 0.3) is 0 Å². The summed E-state index contributed by atoms with van der Waals surface area (Å²) in [6.07, 6.45) is 10.1. The van der Waals surface area contributed by atoms with E-state index in [0.29, 0.717) is 36.9 Å². The van der Waals surface area contributed by atoms with Crippen LogP contribution in [0, 0.1) is 17.8 Å². The predicted molar refractivity (Wildman–Crippen MR) is 179 cm³/mol. The Morgan fingerprint density at radius 2 is 1.98 bits per heavy atom. The monoisotopic (exact) mass is 674 g/mol. The number of amides is 1.